The molecule has 0 aliphatic rings. The minimum absolute atomic E-state index is 0.662. The number of carbonyl (C=O) groups excluding carboxylic acids is 1. The summed E-state index contributed by atoms with van der Waals surface area (Å²) in [7, 11) is 0. The lowest BCUT2D eigenvalue weighted by Gasteiger charge is -1.64. The van der Waals surface area contributed by atoms with E-state index in [9.17, 15) is 4.79 Å². The highest BCUT2D eigenvalue weighted by Crippen LogP contribution is 1.45. The largest absolute Gasteiger partial charge is 0.373 e. The summed E-state index contributed by atoms with van der Waals surface area (Å²) in [5, 5.41) is 0. The molecule has 1 amide bonds. The van der Waals surface area contributed by atoms with Gasteiger partial charge in [-0.05, 0) is 0 Å². The minimum Gasteiger partial charge on any atom is -0.223 e. The van der Waals surface area contributed by atoms with Gasteiger partial charge in [0.25, 0.3) is 0 Å². The van der Waals surface area contributed by atoms with Gasteiger partial charge in [-0.3, -0.25) is 0 Å². The first-order valence-corrected chi connectivity index (χ1v) is 1.77. The van der Waals surface area contributed by atoms with Crippen molar-refractivity contribution in [3.63, 3.8) is 0 Å². The summed E-state index contributed by atoms with van der Waals surface area (Å²) < 4.78 is 0. The van der Waals surface area contributed by atoms with Crippen LogP contribution in [0.15, 0.2) is 0 Å². The van der Waals surface area contributed by atoms with Crippen LogP contribution in [0.5, 0.6) is 0 Å². The van der Waals surface area contributed by atoms with Crippen LogP contribution in [0.25, 0.3) is 0 Å². The highest BCUT2D eigenvalue weighted by molar-refractivity contribution is 5.74. The molecular weight excluding hydrogens is 78.0 g/mol. The van der Waals surface area contributed by atoms with Crippen LogP contribution >= 0.6 is 0 Å². The number of rotatable bonds is 1. The molecule has 0 aromatic heterocycles. The van der Waals surface area contributed by atoms with E-state index in [1.165, 1.54) is 0 Å². The lowest BCUT2D eigenvalue weighted by atomic mass is 10.5. The van der Waals surface area contributed by atoms with E-state index < -0.39 is 0 Å². The molecule has 0 atom stereocenters. The van der Waals surface area contributed by atoms with Gasteiger partial charge in [-0.25, -0.2) is 4.79 Å². The maximum Gasteiger partial charge on any atom is 0.373 e. The maximum absolute atomic E-state index is 9.48. The summed E-state index contributed by atoms with van der Waals surface area (Å²) >= 11 is 0. The maximum atomic E-state index is 9.48. The van der Waals surface area contributed by atoms with E-state index in [0.717, 1.165) is 5.71 Å². The summed E-state index contributed by atoms with van der Waals surface area (Å²) in [6.07, 6.45) is 0.662. The zero-order valence-corrected chi connectivity index (χ0v) is 3.99. The van der Waals surface area contributed by atoms with Gasteiger partial charge in [-0.15, -0.1) is 0 Å². The quantitative estimate of drug-likeness (QED) is 0.312. The van der Waals surface area contributed by atoms with Gasteiger partial charge in [0.05, 0.1) is 0 Å². The van der Waals surface area contributed by atoms with Crippen LogP contribution in [-0.2, 0) is 4.79 Å². The smallest absolute Gasteiger partial charge is 0.223 e. The van der Waals surface area contributed by atoms with Crippen LogP contribution in [0, 0.1) is 0 Å². The number of carbonyl (C=O) groups is 1. The molecule has 2 heteroatoms. The first kappa shape index (κ1) is 5.34. The molecule has 0 saturated heterocycles. The van der Waals surface area contributed by atoms with Gasteiger partial charge in [0.1, 0.15) is 0 Å². The lowest BCUT2D eigenvalue weighted by Crippen LogP contribution is -2.69. The molecule has 2 nitrogen and oxygen atoms in total. The molecule has 0 rings (SSSR count). The Morgan fingerprint density at radius 1 is 1.67 bits per heavy atom. The molecule has 0 aliphatic carbocycles. The molecule has 0 fully saturated rings. The predicted molar refractivity (Wildman–Crippen MR) is 23.4 cm³/mol. The average Bonchev–Trinajstić information content (AvgIpc) is 1.35. The standard InChI is InChI=1S/C4H7NO/c1-4(2)5-3-6/h3H,1-2H3/p+1. The average molecular weight is 86.1 g/mol. The molecule has 0 spiro atoms. The van der Waals surface area contributed by atoms with E-state index in [0.29, 0.717) is 6.41 Å². The fourth-order valence-corrected chi connectivity index (χ4v) is 0.118. The topological polar surface area (TPSA) is 31.0 Å². The molecule has 34 valence electrons. The Morgan fingerprint density at radius 2 is 2.17 bits per heavy atom. The van der Waals surface area contributed by atoms with E-state index >= 15 is 0 Å². The molecule has 0 bridgehead atoms. The number of hydrogen-bond donors (Lipinski definition) is 1. The van der Waals surface area contributed by atoms with Gasteiger partial charge in [-0.2, -0.15) is 4.99 Å². The Balaban J connectivity index is 3.41. The van der Waals surface area contributed by atoms with Crippen molar-refractivity contribution in [3.05, 3.63) is 0 Å². The number of nitrogens with one attached hydrogen (secondary N) is 1. The van der Waals surface area contributed by atoms with Crippen molar-refractivity contribution in [3.8, 4) is 0 Å². The van der Waals surface area contributed by atoms with E-state index in [1.54, 1.807) is 0 Å². The molecule has 0 unspecified atom stereocenters. The van der Waals surface area contributed by atoms with Gasteiger partial charge >= 0.3 is 6.41 Å². The molecule has 0 radical (unpaired) electrons. The summed E-state index contributed by atoms with van der Waals surface area (Å²) in [5.41, 5.74) is 0.921. The summed E-state index contributed by atoms with van der Waals surface area (Å²) in [4.78, 5) is 11.9. The van der Waals surface area contributed by atoms with Gasteiger partial charge in [0, 0.05) is 13.8 Å². The third-order valence-corrected chi connectivity index (χ3v) is 0.348. The molecule has 1 N–H and O–H groups in total. The third-order valence-electron chi connectivity index (χ3n) is 0.348. The fourth-order valence-electron chi connectivity index (χ4n) is 0.118. The molecule has 0 aliphatic heterocycles. The van der Waals surface area contributed by atoms with Crippen LogP contribution in [0.2, 0.25) is 0 Å². The van der Waals surface area contributed by atoms with Gasteiger partial charge in [-0.1, -0.05) is 0 Å². The van der Waals surface area contributed by atoms with E-state index in [1.807, 2.05) is 13.8 Å². The summed E-state index contributed by atoms with van der Waals surface area (Å²) in [6.45, 7) is 3.66. The Hall–Kier alpha value is -0.660. The monoisotopic (exact) mass is 86.1 g/mol. The lowest BCUT2D eigenvalue weighted by molar-refractivity contribution is -0.358. The second kappa shape index (κ2) is 2.57. The Morgan fingerprint density at radius 3 is 2.17 bits per heavy atom. The van der Waals surface area contributed by atoms with Crippen molar-refractivity contribution in [2.24, 2.45) is 0 Å². The van der Waals surface area contributed by atoms with Gasteiger partial charge in [0.2, 0.25) is 0 Å². The number of amides is 1. The second-order valence-electron chi connectivity index (χ2n) is 1.26. The third kappa shape index (κ3) is 3.34. The second-order valence-corrected chi connectivity index (χ2v) is 1.26. The van der Waals surface area contributed by atoms with Crippen molar-refractivity contribution in [1.29, 1.82) is 0 Å². The molecule has 0 heterocycles. The van der Waals surface area contributed by atoms with E-state index in [2.05, 4.69) is 4.99 Å². The van der Waals surface area contributed by atoms with Crippen molar-refractivity contribution in [2.45, 2.75) is 13.8 Å². The number of hydrogen-bond acceptors (Lipinski definition) is 1. The molecule has 0 aromatic carbocycles. The van der Waals surface area contributed by atoms with Crippen LogP contribution in [0.4, 0.5) is 0 Å². The first-order valence-electron chi connectivity index (χ1n) is 1.77. The Bertz CT molecular complexity index is 71.6. The fraction of sp³-hybridized carbons (Fsp3) is 0.500. The van der Waals surface area contributed by atoms with Crippen LogP contribution in [-0.4, -0.2) is 12.1 Å². The molecular formula is C4H8NO+. The summed E-state index contributed by atoms with van der Waals surface area (Å²) in [6, 6.07) is 0. The van der Waals surface area contributed by atoms with E-state index in [-0.39, 0.29) is 0 Å². The molecule has 0 saturated carbocycles. The van der Waals surface area contributed by atoms with E-state index in [4.69, 9.17) is 0 Å². The Labute approximate surface area is 36.9 Å². The first-order chi connectivity index (χ1) is 2.77. The van der Waals surface area contributed by atoms with Gasteiger partial charge in [0.15, 0.2) is 5.71 Å². The zero-order valence-electron chi connectivity index (χ0n) is 3.99. The van der Waals surface area contributed by atoms with Crippen molar-refractivity contribution < 1.29 is 9.79 Å². The SMILES string of the molecule is CC(C)=[NH+]C=O. The van der Waals surface area contributed by atoms with Crippen molar-refractivity contribution in [2.75, 3.05) is 0 Å². The zero-order chi connectivity index (χ0) is 4.99. The van der Waals surface area contributed by atoms with Crippen LogP contribution in [0.3, 0.4) is 0 Å². The normalized spacial score (nSPS) is 7.00. The highest BCUT2D eigenvalue weighted by atomic mass is 16.1. The predicted octanol–water partition coefficient (Wildman–Crippen LogP) is -1.30. The highest BCUT2D eigenvalue weighted by Gasteiger charge is 1.77. The van der Waals surface area contributed by atoms with Gasteiger partial charge < -0.3 is 0 Å². The van der Waals surface area contributed by atoms with Crippen molar-refractivity contribution >= 4 is 12.1 Å². The molecule has 6 heavy (non-hydrogen) atoms. The Kier molecular flexibility index (Phi) is 2.29. The van der Waals surface area contributed by atoms with Crippen molar-refractivity contribution in [1.82, 2.24) is 0 Å². The summed E-state index contributed by atoms with van der Waals surface area (Å²) in [5.74, 6) is 0. The van der Waals surface area contributed by atoms with Crippen LogP contribution < -0.4 is 4.99 Å². The van der Waals surface area contributed by atoms with Crippen LogP contribution in [0.1, 0.15) is 13.8 Å². The minimum atomic E-state index is 0.662. The molecule has 0 aromatic rings.